The SMILES string of the molecule is C=Cc1ccc(CC(=C)C(=O)O)cc1. The summed E-state index contributed by atoms with van der Waals surface area (Å²) in [7, 11) is 0. The second-order valence-electron chi connectivity index (χ2n) is 3.03. The zero-order valence-corrected chi connectivity index (χ0v) is 7.86. The standard InChI is InChI=1S/C12H12O2/c1-3-10-4-6-11(7-5-10)8-9(2)12(13)14/h3-7H,1-2,8H2,(H,13,14). The summed E-state index contributed by atoms with van der Waals surface area (Å²) in [5.74, 6) is -0.946. The number of aliphatic carboxylic acids is 1. The minimum Gasteiger partial charge on any atom is -0.478 e. The van der Waals surface area contributed by atoms with Crippen LogP contribution in [0.15, 0.2) is 43.0 Å². The van der Waals surface area contributed by atoms with Crippen LogP contribution in [0.4, 0.5) is 0 Å². The fourth-order valence-corrected chi connectivity index (χ4v) is 1.09. The van der Waals surface area contributed by atoms with E-state index in [0.717, 1.165) is 11.1 Å². The second kappa shape index (κ2) is 4.42. The Bertz CT molecular complexity index is 360. The van der Waals surface area contributed by atoms with Gasteiger partial charge in [-0.25, -0.2) is 4.79 Å². The van der Waals surface area contributed by atoms with Crippen LogP contribution < -0.4 is 0 Å². The average molecular weight is 188 g/mol. The molecule has 0 amide bonds. The first kappa shape index (κ1) is 10.3. The van der Waals surface area contributed by atoms with Gasteiger partial charge in [-0.2, -0.15) is 0 Å². The number of rotatable bonds is 4. The van der Waals surface area contributed by atoms with Gasteiger partial charge in [0.25, 0.3) is 0 Å². The number of hydrogen-bond donors (Lipinski definition) is 1. The Hall–Kier alpha value is -1.83. The molecule has 0 saturated heterocycles. The Morgan fingerprint density at radius 3 is 2.36 bits per heavy atom. The number of hydrogen-bond acceptors (Lipinski definition) is 1. The van der Waals surface area contributed by atoms with E-state index in [1.807, 2.05) is 24.3 Å². The molecule has 0 aliphatic rings. The summed E-state index contributed by atoms with van der Waals surface area (Å²) in [6, 6.07) is 7.56. The summed E-state index contributed by atoms with van der Waals surface area (Å²) < 4.78 is 0. The van der Waals surface area contributed by atoms with Crippen LogP contribution in [0.25, 0.3) is 6.08 Å². The number of carbonyl (C=O) groups is 1. The highest BCUT2D eigenvalue weighted by molar-refractivity contribution is 5.86. The van der Waals surface area contributed by atoms with Crippen LogP contribution in [0.3, 0.4) is 0 Å². The Morgan fingerprint density at radius 1 is 1.36 bits per heavy atom. The zero-order valence-electron chi connectivity index (χ0n) is 7.86. The van der Waals surface area contributed by atoms with Crippen molar-refractivity contribution >= 4 is 12.0 Å². The van der Waals surface area contributed by atoms with E-state index in [-0.39, 0.29) is 5.57 Å². The Kier molecular flexibility index (Phi) is 3.24. The van der Waals surface area contributed by atoms with Gasteiger partial charge in [0.05, 0.1) is 0 Å². The van der Waals surface area contributed by atoms with Gasteiger partial charge in [-0.05, 0) is 11.1 Å². The van der Waals surface area contributed by atoms with Crippen LogP contribution >= 0.6 is 0 Å². The van der Waals surface area contributed by atoms with Gasteiger partial charge < -0.3 is 5.11 Å². The maximum Gasteiger partial charge on any atom is 0.331 e. The maximum absolute atomic E-state index is 10.5. The molecule has 1 aromatic carbocycles. The van der Waals surface area contributed by atoms with Crippen molar-refractivity contribution in [3.05, 3.63) is 54.1 Å². The first-order chi connectivity index (χ1) is 6.63. The predicted molar refractivity (Wildman–Crippen MR) is 57.0 cm³/mol. The van der Waals surface area contributed by atoms with Crippen LogP contribution in [-0.2, 0) is 11.2 Å². The van der Waals surface area contributed by atoms with Crippen molar-refractivity contribution in [1.29, 1.82) is 0 Å². The molecule has 1 N–H and O–H groups in total. The molecule has 0 aromatic heterocycles. The zero-order chi connectivity index (χ0) is 10.6. The van der Waals surface area contributed by atoms with Crippen molar-refractivity contribution in [2.75, 3.05) is 0 Å². The molecular weight excluding hydrogens is 176 g/mol. The lowest BCUT2D eigenvalue weighted by molar-refractivity contribution is -0.132. The molecule has 0 bridgehead atoms. The smallest absolute Gasteiger partial charge is 0.331 e. The van der Waals surface area contributed by atoms with Crippen molar-refractivity contribution in [3.8, 4) is 0 Å². The van der Waals surface area contributed by atoms with Gasteiger partial charge in [0, 0.05) is 12.0 Å². The molecule has 0 spiro atoms. The van der Waals surface area contributed by atoms with Crippen LogP contribution in [-0.4, -0.2) is 11.1 Å². The fourth-order valence-electron chi connectivity index (χ4n) is 1.09. The third-order valence-corrected chi connectivity index (χ3v) is 1.94. The van der Waals surface area contributed by atoms with Crippen molar-refractivity contribution < 1.29 is 9.90 Å². The Balaban J connectivity index is 2.73. The third-order valence-electron chi connectivity index (χ3n) is 1.94. The molecule has 72 valence electrons. The summed E-state index contributed by atoms with van der Waals surface area (Å²) in [6.07, 6.45) is 2.13. The monoisotopic (exact) mass is 188 g/mol. The molecule has 1 rings (SSSR count). The largest absolute Gasteiger partial charge is 0.478 e. The van der Waals surface area contributed by atoms with Gasteiger partial charge >= 0.3 is 5.97 Å². The van der Waals surface area contributed by atoms with Gasteiger partial charge in [0.2, 0.25) is 0 Å². The number of benzene rings is 1. The lowest BCUT2D eigenvalue weighted by Gasteiger charge is -2.01. The highest BCUT2D eigenvalue weighted by atomic mass is 16.4. The summed E-state index contributed by atoms with van der Waals surface area (Å²) >= 11 is 0. The van der Waals surface area contributed by atoms with Crippen molar-refractivity contribution in [1.82, 2.24) is 0 Å². The quantitative estimate of drug-likeness (QED) is 0.737. The molecule has 2 nitrogen and oxygen atoms in total. The maximum atomic E-state index is 10.5. The fraction of sp³-hybridized carbons (Fsp3) is 0.0833. The van der Waals surface area contributed by atoms with Crippen molar-refractivity contribution in [2.24, 2.45) is 0 Å². The summed E-state index contributed by atoms with van der Waals surface area (Å²) in [5, 5.41) is 8.63. The Labute approximate surface area is 83.2 Å². The molecule has 0 atom stereocenters. The van der Waals surface area contributed by atoms with Crippen LogP contribution in [0.2, 0.25) is 0 Å². The van der Waals surface area contributed by atoms with E-state index in [2.05, 4.69) is 13.2 Å². The number of carboxylic acid groups (broad SMARTS) is 1. The lowest BCUT2D eigenvalue weighted by Crippen LogP contribution is -2.01. The van der Waals surface area contributed by atoms with Crippen molar-refractivity contribution in [2.45, 2.75) is 6.42 Å². The molecule has 0 saturated carbocycles. The van der Waals surface area contributed by atoms with Crippen molar-refractivity contribution in [3.63, 3.8) is 0 Å². The van der Waals surface area contributed by atoms with E-state index in [1.54, 1.807) is 6.08 Å². The minimum atomic E-state index is -0.946. The molecule has 2 heteroatoms. The predicted octanol–water partition coefficient (Wildman–Crippen LogP) is 2.51. The molecule has 14 heavy (non-hydrogen) atoms. The molecule has 0 heterocycles. The summed E-state index contributed by atoms with van der Waals surface area (Å²) in [5.41, 5.74) is 2.18. The molecule has 1 aromatic rings. The first-order valence-corrected chi connectivity index (χ1v) is 4.26. The van der Waals surface area contributed by atoms with Gasteiger partial charge in [0.15, 0.2) is 0 Å². The average Bonchev–Trinajstić information content (AvgIpc) is 2.19. The van der Waals surface area contributed by atoms with E-state index < -0.39 is 5.97 Å². The van der Waals surface area contributed by atoms with Gasteiger partial charge in [-0.15, -0.1) is 0 Å². The van der Waals surface area contributed by atoms with Gasteiger partial charge in [0.1, 0.15) is 0 Å². The minimum absolute atomic E-state index is 0.205. The summed E-state index contributed by atoms with van der Waals surface area (Å²) in [6.45, 7) is 7.11. The van der Waals surface area contributed by atoms with Crippen LogP contribution in [0.5, 0.6) is 0 Å². The summed E-state index contributed by atoms with van der Waals surface area (Å²) in [4.78, 5) is 10.5. The topological polar surface area (TPSA) is 37.3 Å². The van der Waals surface area contributed by atoms with E-state index in [9.17, 15) is 4.79 Å². The molecular formula is C12H12O2. The first-order valence-electron chi connectivity index (χ1n) is 4.26. The molecule has 0 fully saturated rings. The lowest BCUT2D eigenvalue weighted by atomic mass is 10.0. The second-order valence-corrected chi connectivity index (χ2v) is 3.03. The molecule has 0 aliphatic carbocycles. The third kappa shape index (κ3) is 2.59. The number of carboxylic acids is 1. The van der Waals surface area contributed by atoms with Gasteiger partial charge in [-0.1, -0.05) is 43.5 Å². The normalized spacial score (nSPS) is 9.43. The molecule has 0 radical (unpaired) electrons. The van der Waals surface area contributed by atoms with E-state index in [0.29, 0.717) is 6.42 Å². The Morgan fingerprint density at radius 2 is 1.93 bits per heavy atom. The van der Waals surface area contributed by atoms with Gasteiger partial charge in [-0.3, -0.25) is 0 Å². The highest BCUT2D eigenvalue weighted by Crippen LogP contribution is 2.09. The highest BCUT2D eigenvalue weighted by Gasteiger charge is 2.04. The molecule has 0 unspecified atom stereocenters. The van der Waals surface area contributed by atoms with Crippen LogP contribution in [0, 0.1) is 0 Å². The van der Waals surface area contributed by atoms with Crippen LogP contribution in [0.1, 0.15) is 11.1 Å². The van der Waals surface area contributed by atoms with E-state index >= 15 is 0 Å². The van der Waals surface area contributed by atoms with E-state index in [4.69, 9.17) is 5.11 Å². The van der Waals surface area contributed by atoms with E-state index in [1.165, 1.54) is 0 Å². The molecule has 0 aliphatic heterocycles.